The summed E-state index contributed by atoms with van der Waals surface area (Å²) in [7, 11) is 0. The third-order valence-corrected chi connectivity index (χ3v) is 4.60. The minimum atomic E-state index is -0.394. The lowest BCUT2D eigenvalue weighted by molar-refractivity contribution is 0.145. The van der Waals surface area contributed by atoms with Crippen LogP contribution in [0.3, 0.4) is 0 Å². The number of pyridine rings is 1. The molecular formula is C17H16BrN7O2. The fourth-order valence-corrected chi connectivity index (χ4v) is 3.16. The third-order valence-electron chi connectivity index (χ3n) is 4.02. The van der Waals surface area contributed by atoms with Crippen LogP contribution in [-0.4, -0.2) is 61.9 Å². The van der Waals surface area contributed by atoms with Crippen molar-refractivity contribution >= 4 is 22.0 Å². The fraction of sp³-hybridized carbons (Fsp3) is 0.235. The molecule has 1 aliphatic heterocycles. The molecule has 3 aromatic rings. The van der Waals surface area contributed by atoms with Gasteiger partial charge in [0.25, 0.3) is 5.95 Å². The van der Waals surface area contributed by atoms with Crippen molar-refractivity contribution in [3.63, 3.8) is 0 Å². The Labute approximate surface area is 163 Å². The molecule has 0 unspecified atom stereocenters. The summed E-state index contributed by atoms with van der Waals surface area (Å²) < 4.78 is 7.70. The van der Waals surface area contributed by atoms with Crippen molar-refractivity contribution < 1.29 is 9.53 Å². The van der Waals surface area contributed by atoms with Gasteiger partial charge in [0.1, 0.15) is 5.69 Å². The van der Waals surface area contributed by atoms with Crippen molar-refractivity contribution in [2.45, 2.75) is 0 Å². The number of amides is 1. The average molecular weight is 430 g/mol. The molecule has 0 aromatic carbocycles. The summed E-state index contributed by atoms with van der Waals surface area (Å²) >= 11 is 3.50. The summed E-state index contributed by atoms with van der Waals surface area (Å²) in [5.41, 5.74) is 1.69. The van der Waals surface area contributed by atoms with Gasteiger partial charge < -0.3 is 15.0 Å². The second kappa shape index (κ2) is 7.80. The van der Waals surface area contributed by atoms with Crippen LogP contribution in [0, 0.1) is 0 Å². The normalized spacial score (nSPS) is 14.2. The number of carbonyl (C=O) groups is 1. The van der Waals surface area contributed by atoms with E-state index in [1.807, 2.05) is 12.1 Å². The molecule has 1 N–H and O–H groups in total. The summed E-state index contributed by atoms with van der Waals surface area (Å²) in [6, 6.07) is 3.74. The number of hydrogen-bond donors (Lipinski definition) is 1. The maximum absolute atomic E-state index is 12.1. The molecule has 27 heavy (non-hydrogen) atoms. The first kappa shape index (κ1) is 17.6. The maximum Gasteiger partial charge on any atom is 0.415 e. The van der Waals surface area contributed by atoms with Gasteiger partial charge in [0.15, 0.2) is 5.75 Å². The number of carbonyl (C=O) groups excluding carboxylic acids is 1. The first-order chi connectivity index (χ1) is 13.2. The van der Waals surface area contributed by atoms with Gasteiger partial charge in [-0.1, -0.05) is 0 Å². The Morgan fingerprint density at radius 3 is 2.56 bits per heavy atom. The Hall–Kier alpha value is -2.85. The molecule has 0 saturated carbocycles. The molecule has 3 aromatic heterocycles. The van der Waals surface area contributed by atoms with E-state index >= 15 is 0 Å². The molecular weight excluding hydrogens is 414 g/mol. The van der Waals surface area contributed by atoms with Gasteiger partial charge in [-0.15, -0.1) is 0 Å². The van der Waals surface area contributed by atoms with E-state index < -0.39 is 6.09 Å². The van der Waals surface area contributed by atoms with Crippen LogP contribution in [0.15, 0.2) is 47.6 Å². The van der Waals surface area contributed by atoms with Crippen molar-refractivity contribution in [2.75, 3.05) is 26.2 Å². The second-order valence-corrected chi connectivity index (χ2v) is 6.68. The smallest absolute Gasteiger partial charge is 0.407 e. The maximum atomic E-state index is 12.1. The zero-order valence-corrected chi connectivity index (χ0v) is 15.8. The average Bonchev–Trinajstić information content (AvgIpc) is 3.11. The third kappa shape index (κ3) is 3.96. The van der Waals surface area contributed by atoms with Gasteiger partial charge in [0.2, 0.25) is 0 Å². The molecule has 0 bridgehead atoms. The van der Waals surface area contributed by atoms with Crippen LogP contribution in [0.5, 0.6) is 5.75 Å². The predicted octanol–water partition coefficient (Wildman–Crippen LogP) is 1.89. The van der Waals surface area contributed by atoms with Gasteiger partial charge in [-0.2, -0.15) is 5.10 Å². The number of nitrogens with zero attached hydrogens (tertiary/aromatic N) is 6. The summed E-state index contributed by atoms with van der Waals surface area (Å²) in [6.45, 7) is 2.77. The Balaban J connectivity index is 1.48. The largest absolute Gasteiger partial charge is 0.415 e. The van der Waals surface area contributed by atoms with Crippen LogP contribution in [-0.2, 0) is 0 Å². The first-order valence-electron chi connectivity index (χ1n) is 8.36. The molecule has 1 fully saturated rings. The van der Waals surface area contributed by atoms with Crippen molar-refractivity contribution in [3.05, 3.63) is 47.6 Å². The molecule has 9 nitrogen and oxygen atoms in total. The van der Waals surface area contributed by atoms with Crippen molar-refractivity contribution in [3.8, 4) is 23.0 Å². The van der Waals surface area contributed by atoms with Crippen molar-refractivity contribution in [1.82, 2.24) is 34.9 Å². The molecule has 0 radical (unpaired) electrons. The van der Waals surface area contributed by atoms with Gasteiger partial charge in [-0.25, -0.2) is 19.4 Å². The lowest BCUT2D eigenvalue weighted by Gasteiger charge is -2.26. The topological polar surface area (TPSA) is 98.1 Å². The number of ether oxygens (including phenoxy) is 1. The van der Waals surface area contributed by atoms with Gasteiger partial charge in [0, 0.05) is 50.3 Å². The van der Waals surface area contributed by atoms with E-state index in [0.29, 0.717) is 24.8 Å². The summed E-state index contributed by atoms with van der Waals surface area (Å²) in [6.07, 6.45) is 7.72. The SMILES string of the molecule is O=C(Oc1cnc(-n2cc(Br)c(-c3ccncc3)n2)nc1)N1CCNCC1. The van der Waals surface area contributed by atoms with Gasteiger partial charge in [-0.05, 0) is 28.1 Å². The predicted molar refractivity (Wildman–Crippen MR) is 101 cm³/mol. The number of hydrogen-bond acceptors (Lipinski definition) is 7. The lowest BCUT2D eigenvalue weighted by Crippen LogP contribution is -2.47. The molecule has 0 aliphatic carbocycles. The van der Waals surface area contributed by atoms with Crippen LogP contribution in [0.4, 0.5) is 4.79 Å². The molecule has 1 amide bonds. The van der Waals surface area contributed by atoms with E-state index in [1.54, 1.807) is 28.2 Å². The van der Waals surface area contributed by atoms with Gasteiger partial charge in [-0.3, -0.25) is 4.98 Å². The van der Waals surface area contributed by atoms with Crippen molar-refractivity contribution in [1.29, 1.82) is 0 Å². The molecule has 1 aliphatic rings. The van der Waals surface area contributed by atoms with Gasteiger partial charge >= 0.3 is 6.09 Å². The van der Waals surface area contributed by atoms with Crippen LogP contribution in [0.2, 0.25) is 0 Å². The van der Waals surface area contributed by atoms with E-state index in [9.17, 15) is 4.79 Å². The molecule has 10 heteroatoms. The second-order valence-electron chi connectivity index (χ2n) is 5.83. The Morgan fingerprint density at radius 2 is 1.85 bits per heavy atom. The minimum absolute atomic E-state index is 0.294. The fourth-order valence-electron chi connectivity index (χ4n) is 2.65. The van der Waals surface area contributed by atoms with E-state index in [1.165, 1.54) is 12.4 Å². The van der Waals surface area contributed by atoms with E-state index in [2.05, 4.69) is 41.3 Å². The number of piperazine rings is 1. The first-order valence-corrected chi connectivity index (χ1v) is 9.15. The van der Waals surface area contributed by atoms with E-state index in [4.69, 9.17) is 4.74 Å². The number of nitrogens with one attached hydrogen (secondary N) is 1. The highest BCUT2D eigenvalue weighted by molar-refractivity contribution is 9.10. The van der Waals surface area contributed by atoms with Crippen LogP contribution in [0.25, 0.3) is 17.2 Å². The van der Waals surface area contributed by atoms with Crippen LogP contribution >= 0.6 is 15.9 Å². The summed E-state index contributed by atoms with van der Waals surface area (Å²) in [4.78, 5) is 26.3. The monoisotopic (exact) mass is 429 g/mol. The molecule has 1 saturated heterocycles. The van der Waals surface area contributed by atoms with E-state index in [0.717, 1.165) is 28.8 Å². The Morgan fingerprint density at radius 1 is 1.15 bits per heavy atom. The highest BCUT2D eigenvalue weighted by Gasteiger charge is 2.18. The number of rotatable bonds is 3. The van der Waals surface area contributed by atoms with Gasteiger partial charge in [0.05, 0.1) is 16.9 Å². The van der Waals surface area contributed by atoms with Crippen molar-refractivity contribution in [2.24, 2.45) is 0 Å². The summed E-state index contributed by atoms with van der Waals surface area (Å²) in [5.74, 6) is 0.667. The highest BCUT2D eigenvalue weighted by atomic mass is 79.9. The lowest BCUT2D eigenvalue weighted by atomic mass is 10.2. The molecule has 4 rings (SSSR count). The molecule has 0 atom stereocenters. The highest BCUT2D eigenvalue weighted by Crippen LogP contribution is 2.26. The molecule has 138 valence electrons. The molecule has 4 heterocycles. The Kier molecular flexibility index (Phi) is 5.07. The molecule has 0 spiro atoms. The number of aromatic nitrogens is 5. The standard InChI is InChI=1S/C17H16BrN7O2/c18-14-11-25(23-15(14)12-1-3-19-4-2-12)16-21-9-13(10-22-16)27-17(26)24-7-5-20-6-8-24/h1-4,9-11,20H,5-8H2. The van der Waals surface area contributed by atoms with Crippen LogP contribution < -0.4 is 10.1 Å². The summed E-state index contributed by atoms with van der Waals surface area (Å²) in [5, 5.41) is 7.69. The Bertz CT molecular complexity index is 924. The quantitative estimate of drug-likeness (QED) is 0.678. The number of halogens is 1. The zero-order valence-electron chi connectivity index (χ0n) is 14.2. The van der Waals surface area contributed by atoms with E-state index in [-0.39, 0.29) is 0 Å². The van der Waals surface area contributed by atoms with Crippen LogP contribution in [0.1, 0.15) is 0 Å². The zero-order chi connectivity index (χ0) is 18.6. The minimum Gasteiger partial charge on any atom is -0.407 e.